The fourth-order valence-electron chi connectivity index (χ4n) is 4.68. The van der Waals surface area contributed by atoms with Crippen LogP contribution in [0, 0.1) is 11.3 Å². The molecular formula is C18H30N2O3. The standard InChI is InChI=1S/C18H30N2O3/c1-23-13-16(21)19-15-6-7-18(15)8-10-20(11-9-18)17(22)12-14-4-2-3-5-14/h14-15H,2-13H2,1H3,(H,19,21). The normalized spacial score (nSPS) is 27.0. The smallest absolute Gasteiger partial charge is 0.246 e. The van der Waals surface area contributed by atoms with E-state index in [-0.39, 0.29) is 24.0 Å². The number of hydrogen-bond donors (Lipinski definition) is 1. The van der Waals surface area contributed by atoms with Gasteiger partial charge in [-0.05, 0) is 49.9 Å². The number of likely N-dealkylation sites (tertiary alicyclic amines) is 1. The van der Waals surface area contributed by atoms with Crippen LogP contribution in [0.5, 0.6) is 0 Å². The van der Waals surface area contributed by atoms with Crippen LogP contribution >= 0.6 is 0 Å². The number of carbonyl (C=O) groups is 2. The highest BCUT2D eigenvalue weighted by Gasteiger charge is 2.49. The zero-order valence-corrected chi connectivity index (χ0v) is 14.3. The zero-order valence-electron chi connectivity index (χ0n) is 14.3. The van der Waals surface area contributed by atoms with Gasteiger partial charge in [0, 0.05) is 32.7 Å². The van der Waals surface area contributed by atoms with Crippen LogP contribution in [-0.4, -0.2) is 49.6 Å². The summed E-state index contributed by atoms with van der Waals surface area (Å²) in [5.41, 5.74) is 0.230. The van der Waals surface area contributed by atoms with Gasteiger partial charge in [-0.25, -0.2) is 0 Å². The first-order valence-electron chi connectivity index (χ1n) is 9.19. The summed E-state index contributed by atoms with van der Waals surface area (Å²) in [5, 5.41) is 3.11. The van der Waals surface area contributed by atoms with E-state index in [4.69, 9.17) is 4.74 Å². The van der Waals surface area contributed by atoms with Crippen LogP contribution in [-0.2, 0) is 14.3 Å². The first-order chi connectivity index (χ1) is 11.1. The molecule has 1 aliphatic heterocycles. The fraction of sp³-hybridized carbons (Fsp3) is 0.889. The maximum Gasteiger partial charge on any atom is 0.246 e. The van der Waals surface area contributed by atoms with Crippen molar-refractivity contribution in [3.63, 3.8) is 0 Å². The predicted molar refractivity (Wildman–Crippen MR) is 87.9 cm³/mol. The van der Waals surface area contributed by atoms with E-state index in [9.17, 15) is 9.59 Å². The average molecular weight is 322 g/mol. The van der Waals surface area contributed by atoms with Crippen molar-refractivity contribution in [3.05, 3.63) is 0 Å². The van der Waals surface area contributed by atoms with Crippen LogP contribution in [0.1, 0.15) is 57.8 Å². The van der Waals surface area contributed by atoms with E-state index in [2.05, 4.69) is 10.2 Å². The van der Waals surface area contributed by atoms with Crippen molar-refractivity contribution in [2.24, 2.45) is 11.3 Å². The van der Waals surface area contributed by atoms with Gasteiger partial charge in [0.15, 0.2) is 0 Å². The Morgan fingerprint density at radius 1 is 1.13 bits per heavy atom. The zero-order chi connectivity index (χ0) is 16.3. The van der Waals surface area contributed by atoms with Crippen LogP contribution in [0.4, 0.5) is 0 Å². The van der Waals surface area contributed by atoms with Crippen molar-refractivity contribution in [3.8, 4) is 0 Å². The summed E-state index contributed by atoms with van der Waals surface area (Å²) in [7, 11) is 1.55. The molecule has 0 aromatic rings. The Kier molecular flexibility index (Phi) is 5.24. The van der Waals surface area contributed by atoms with Gasteiger partial charge in [0.25, 0.3) is 0 Å². The number of nitrogens with zero attached hydrogens (tertiary/aromatic N) is 1. The summed E-state index contributed by atoms with van der Waals surface area (Å²) < 4.78 is 4.90. The molecule has 0 aromatic carbocycles. The molecule has 130 valence electrons. The van der Waals surface area contributed by atoms with E-state index in [1.165, 1.54) is 32.1 Å². The second-order valence-electron chi connectivity index (χ2n) is 7.69. The molecule has 0 radical (unpaired) electrons. The van der Waals surface area contributed by atoms with Crippen molar-refractivity contribution in [1.29, 1.82) is 0 Å². The molecule has 0 bridgehead atoms. The summed E-state index contributed by atoms with van der Waals surface area (Å²) in [6.07, 6.45) is 10.1. The van der Waals surface area contributed by atoms with Crippen molar-refractivity contribution in [2.75, 3.05) is 26.8 Å². The van der Waals surface area contributed by atoms with Gasteiger partial charge in [0.2, 0.25) is 11.8 Å². The molecule has 1 N–H and O–H groups in total. The Morgan fingerprint density at radius 2 is 1.83 bits per heavy atom. The predicted octanol–water partition coefficient (Wildman–Crippen LogP) is 2.10. The molecule has 1 unspecified atom stereocenters. The number of rotatable bonds is 5. The van der Waals surface area contributed by atoms with Gasteiger partial charge in [-0.1, -0.05) is 12.8 Å². The lowest BCUT2D eigenvalue weighted by molar-refractivity contribution is -0.138. The van der Waals surface area contributed by atoms with E-state index < -0.39 is 0 Å². The van der Waals surface area contributed by atoms with E-state index in [1.54, 1.807) is 7.11 Å². The maximum absolute atomic E-state index is 12.5. The molecule has 3 rings (SSSR count). The van der Waals surface area contributed by atoms with Gasteiger partial charge in [0.05, 0.1) is 0 Å². The highest BCUT2D eigenvalue weighted by Crippen LogP contribution is 2.49. The number of piperidine rings is 1. The summed E-state index contributed by atoms with van der Waals surface area (Å²) >= 11 is 0. The fourth-order valence-corrected chi connectivity index (χ4v) is 4.68. The topological polar surface area (TPSA) is 58.6 Å². The number of nitrogens with one attached hydrogen (secondary N) is 1. The molecule has 23 heavy (non-hydrogen) atoms. The number of methoxy groups -OCH3 is 1. The minimum absolute atomic E-state index is 0.0173. The summed E-state index contributed by atoms with van der Waals surface area (Å²) in [6, 6.07) is 0.275. The van der Waals surface area contributed by atoms with Gasteiger partial charge in [0.1, 0.15) is 6.61 Å². The Balaban J connectivity index is 1.46. The molecule has 2 amide bonds. The van der Waals surface area contributed by atoms with Crippen molar-refractivity contribution < 1.29 is 14.3 Å². The summed E-state index contributed by atoms with van der Waals surface area (Å²) in [5.74, 6) is 0.963. The van der Waals surface area contributed by atoms with E-state index >= 15 is 0 Å². The van der Waals surface area contributed by atoms with Crippen LogP contribution < -0.4 is 5.32 Å². The maximum atomic E-state index is 12.5. The Hall–Kier alpha value is -1.10. The number of amides is 2. The third-order valence-corrected chi connectivity index (χ3v) is 6.33. The second kappa shape index (κ2) is 7.20. The van der Waals surface area contributed by atoms with E-state index in [1.807, 2.05) is 0 Å². The molecule has 3 aliphatic rings. The quantitative estimate of drug-likeness (QED) is 0.843. The Morgan fingerprint density at radius 3 is 2.39 bits per heavy atom. The average Bonchev–Trinajstić information content (AvgIpc) is 3.05. The van der Waals surface area contributed by atoms with Gasteiger partial charge >= 0.3 is 0 Å². The van der Waals surface area contributed by atoms with Crippen molar-refractivity contribution in [1.82, 2.24) is 10.2 Å². The lowest BCUT2D eigenvalue weighted by Crippen LogP contribution is -2.60. The third-order valence-electron chi connectivity index (χ3n) is 6.33. The van der Waals surface area contributed by atoms with Crippen LogP contribution in [0.25, 0.3) is 0 Å². The minimum atomic E-state index is -0.0173. The molecule has 2 aliphatic carbocycles. The molecule has 0 aromatic heterocycles. The molecule has 1 saturated heterocycles. The van der Waals surface area contributed by atoms with Gasteiger partial charge in [-0.2, -0.15) is 0 Å². The second-order valence-corrected chi connectivity index (χ2v) is 7.69. The Labute approximate surface area is 139 Å². The summed E-state index contributed by atoms with van der Waals surface area (Å²) in [4.78, 5) is 26.3. The Bertz CT molecular complexity index is 438. The van der Waals surface area contributed by atoms with E-state index in [0.29, 0.717) is 11.8 Å². The molecule has 1 spiro atoms. The van der Waals surface area contributed by atoms with Gasteiger partial charge < -0.3 is 15.0 Å². The van der Waals surface area contributed by atoms with Crippen molar-refractivity contribution in [2.45, 2.75) is 63.8 Å². The third kappa shape index (κ3) is 3.70. The molecular weight excluding hydrogens is 292 g/mol. The first kappa shape index (κ1) is 16.7. The lowest BCUT2D eigenvalue weighted by atomic mass is 9.59. The molecule has 1 heterocycles. The highest BCUT2D eigenvalue weighted by atomic mass is 16.5. The molecule has 1 atom stereocenters. The van der Waals surface area contributed by atoms with Gasteiger partial charge in [-0.3, -0.25) is 9.59 Å². The molecule has 5 nitrogen and oxygen atoms in total. The minimum Gasteiger partial charge on any atom is -0.375 e. The van der Waals surface area contributed by atoms with Crippen LogP contribution in [0.15, 0.2) is 0 Å². The van der Waals surface area contributed by atoms with Crippen LogP contribution in [0.2, 0.25) is 0 Å². The molecule has 2 saturated carbocycles. The number of ether oxygens (including phenoxy) is 1. The van der Waals surface area contributed by atoms with Crippen molar-refractivity contribution >= 4 is 11.8 Å². The van der Waals surface area contributed by atoms with Gasteiger partial charge in [-0.15, -0.1) is 0 Å². The monoisotopic (exact) mass is 322 g/mol. The largest absolute Gasteiger partial charge is 0.375 e. The van der Waals surface area contributed by atoms with Crippen LogP contribution in [0.3, 0.4) is 0 Å². The first-order valence-corrected chi connectivity index (χ1v) is 9.19. The molecule has 3 fully saturated rings. The SMILES string of the molecule is COCC(=O)NC1CCC12CCN(C(=O)CC1CCCC1)CC2. The summed E-state index contributed by atoms with van der Waals surface area (Å²) in [6.45, 7) is 1.86. The number of carbonyl (C=O) groups excluding carboxylic acids is 2. The molecule has 5 heteroatoms. The highest BCUT2D eigenvalue weighted by molar-refractivity contribution is 5.78. The lowest BCUT2D eigenvalue weighted by Gasteiger charge is -2.54. The number of hydrogen-bond acceptors (Lipinski definition) is 3. The van der Waals surface area contributed by atoms with E-state index in [0.717, 1.165) is 38.8 Å².